The highest BCUT2D eigenvalue weighted by molar-refractivity contribution is 6.33. The van der Waals surface area contributed by atoms with Gasteiger partial charge < -0.3 is 20.1 Å². The van der Waals surface area contributed by atoms with Gasteiger partial charge in [-0.3, -0.25) is 10.00 Å². The Hall–Kier alpha value is -4.57. The fourth-order valence-electron chi connectivity index (χ4n) is 8.47. The van der Waals surface area contributed by atoms with Crippen molar-refractivity contribution in [3.05, 3.63) is 52.3 Å². The molecule has 0 amide bonds. The van der Waals surface area contributed by atoms with E-state index in [1.54, 1.807) is 11.8 Å². The van der Waals surface area contributed by atoms with Crippen molar-refractivity contribution in [2.24, 2.45) is 0 Å². The summed E-state index contributed by atoms with van der Waals surface area (Å²) in [6, 6.07) is 1.41. The number of pyridine rings is 2. The van der Waals surface area contributed by atoms with E-state index in [0.717, 1.165) is 19.2 Å². The van der Waals surface area contributed by atoms with E-state index in [0.29, 0.717) is 29.4 Å². The van der Waals surface area contributed by atoms with Crippen LogP contribution in [0.25, 0.3) is 33.1 Å². The number of ether oxygens (including phenoxy) is 2. The van der Waals surface area contributed by atoms with E-state index < -0.39 is 53.7 Å². The minimum absolute atomic E-state index is 0.00684. The van der Waals surface area contributed by atoms with Crippen LogP contribution < -0.4 is 20.1 Å². The predicted molar refractivity (Wildman–Crippen MR) is 183 cm³/mol. The number of hydrogen-bond acceptors (Lipinski definition) is 10. The number of nitrogen functional groups attached to an aromatic ring is 1. The zero-order valence-corrected chi connectivity index (χ0v) is 28.8. The van der Waals surface area contributed by atoms with E-state index in [-0.39, 0.29) is 75.9 Å². The number of nitrogens with zero attached hydrogens (tertiary/aromatic N) is 7. The van der Waals surface area contributed by atoms with Gasteiger partial charge in [-0.05, 0) is 50.9 Å². The lowest BCUT2D eigenvalue weighted by molar-refractivity contribution is 0.107. The van der Waals surface area contributed by atoms with Gasteiger partial charge in [0.25, 0.3) is 5.92 Å². The molecule has 52 heavy (non-hydrogen) atoms. The number of benzene rings is 1. The molecule has 3 fully saturated rings. The Bertz CT molecular complexity index is 2280. The largest absolute Gasteiger partial charge is 0.475 e. The van der Waals surface area contributed by atoms with Crippen LogP contribution in [0.1, 0.15) is 62.6 Å². The maximum atomic E-state index is 17.4. The molecule has 0 bridgehead atoms. The number of nitrogens with two attached hydrogens (primary N) is 1. The average Bonchev–Trinajstić information content (AvgIpc) is 3.40. The number of nitrogens with one attached hydrogen (secondary N) is 1. The molecular weight excluding hydrogens is 709 g/mol. The second-order valence-corrected chi connectivity index (χ2v) is 14.8. The van der Waals surface area contributed by atoms with Gasteiger partial charge in [-0.25, -0.2) is 31.9 Å². The number of aromatic nitrogens is 6. The van der Waals surface area contributed by atoms with Crippen LogP contribution >= 0.6 is 11.6 Å². The fourth-order valence-corrected chi connectivity index (χ4v) is 8.81. The molecule has 2 saturated heterocycles. The molecule has 1 unspecified atom stereocenters. The van der Waals surface area contributed by atoms with Gasteiger partial charge in [0.2, 0.25) is 5.88 Å². The van der Waals surface area contributed by atoms with Gasteiger partial charge in [0, 0.05) is 40.9 Å². The Kier molecular flexibility index (Phi) is 7.50. The van der Waals surface area contributed by atoms with Crippen LogP contribution in [0.2, 0.25) is 5.02 Å². The van der Waals surface area contributed by atoms with E-state index in [4.69, 9.17) is 31.8 Å². The van der Waals surface area contributed by atoms with Gasteiger partial charge in [0.1, 0.15) is 53.4 Å². The third-order valence-electron chi connectivity index (χ3n) is 11.1. The van der Waals surface area contributed by atoms with Crippen molar-refractivity contribution in [1.82, 2.24) is 35.0 Å². The Labute approximate surface area is 298 Å². The zero-order chi connectivity index (χ0) is 36.3. The molecule has 9 rings (SSSR count). The summed E-state index contributed by atoms with van der Waals surface area (Å²) in [7, 11) is 0. The lowest BCUT2D eigenvalue weighted by Crippen LogP contribution is -2.43. The molecule has 5 aromatic rings. The third kappa shape index (κ3) is 5.11. The van der Waals surface area contributed by atoms with Crippen LogP contribution in [-0.4, -0.2) is 85.0 Å². The van der Waals surface area contributed by atoms with Gasteiger partial charge in [-0.15, -0.1) is 0 Å². The van der Waals surface area contributed by atoms with Crippen LogP contribution in [0, 0.1) is 11.6 Å². The molecular formula is C35H33ClF5N9O2. The van der Waals surface area contributed by atoms with E-state index in [2.05, 4.69) is 30.0 Å². The summed E-state index contributed by atoms with van der Waals surface area (Å²) in [6.45, 7) is 4.71. The molecule has 7 heterocycles. The highest BCUT2D eigenvalue weighted by Gasteiger charge is 2.59. The van der Waals surface area contributed by atoms with Crippen molar-refractivity contribution < 1.29 is 31.4 Å². The van der Waals surface area contributed by atoms with Gasteiger partial charge in [-0.1, -0.05) is 11.6 Å². The number of rotatable bonds is 7. The van der Waals surface area contributed by atoms with Crippen molar-refractivity contribution in [3.63, 3.8) is 0 Å². The lowest BCUT2D eigenvalue weighted by Gasteiger charge is -2.35. The highest BCUT2D eigenvalue weighted by Crippen LogP contribution is 2.60. The number of anilines is 2. The number of hydrogen-bond donors (Lipinski definition) is 2. The Balaban J connectivity index is 1.27. The minimum Gasteiger partial charge on any atom is -0.475 e. The molecule has 0 spiro atoms. The van der Waals surface area contributed by atoms with E-state index in [1.165, 1.54) is 18.3 Å². The summed E-state index contributed by atoms with van der Waals surface area (Å²) < 4.78 is 88.5. The number of H-pyrrole nitrogens is 1. The lowest BCUT2D eigenvalue weighted by atomic mass is 9.95. The SMILES string of the molecule is C[C@H](c1cc(F)cnc1N)N1c2nc(OC[C@@]34CCCN3C[C@H](F)C4)nc3c(F)c(-c4c(C5CC5(F)F)c(Cl)cc5[nH]ncc45)nc(c23)OC[C@@H]1C. The topological polar surface area (TPSA) is 131 Å². The van der Waals surface area contributed by atoms with Gasteiger partial charge in [-0.2, -0.15) is 15.1 Å². The Morgan fingerprint density at radius 2 is 1.98 bits per heavy atom. The summed E-state index contributed by atoms with van der Waals surface area (Å²) in [5, 5.41) is 7.28. The normalized spacial score (nSPS) is 25.7. The molecule has 4 aromatic heterocycles. The summed E-state index contributed by atoms with van der Waals surface area (Å²) in [6.07, 6.45) is 2.82. The zero-order valence-electron chi connectivity index (χ0n) is 28.1. The monoisotopic (exact) mass is 741 g/mol. The average molecular weight is 742 g/mol. The molecule has 3 aliphatic heterocycles. The van der Waals surface area contributed by atoms with Crippen molar-refractivity contribution in [3.8, 4) is 23.1 Å². The summed E-state index contributed by atoms with van der Waals surface area (Å²) >= 11 is 6.63. The maximum absolute atomic E-state index is 17.4. The van der Waals surface area contributed by atoms with Crippen LogP contribution in [0.5, 0.6) is 11.9 Å². The minimum atomic E-state index is -3.05. The number of aromatic amines is 1. The van der Waals surface area contributed by atoms with E-state index in [1.807, 2.05) is 6.92 Å². The summed E-state index contributed by atoms with van der Waals surface area (Å²) in [5.41, 5.74) is 5.93. The maximum Gasteiger partial charge on any atom is 0.319 e. The third-order valence-corrected chi connectivity index (χ3v) is 11.4. The molecule has 1 aliphatic carbocycles. The van der Waals surface area contributed by atoms with Crippen LogP contribution in [0.15, 0.2) is 24.5 Å². The molecule has 5 atom stereocenters. The van der Waals surface area contributed by atoms with Gasteiger partial charge in [0.15, 0.2) is 5.82 Å². The van der Waals surface area contributed by atoms with Gasteiger partial charge >= 0.3 is 6.01 Å². The number of halogens is 6. The van der Waals surface area contributed by atoms with Crippen LogP contribution in [0.3, 0.4) is 0 Å². The van der Waals surface area contributed by atoms with Crippen molar-refractivity contribution >= 4 is 45.0 Å². The molecule has 272 valence electrons. The number of alkyl halides is 3. The first-order valence-corrected chi connectivity index (χ1v) is 17.5. The fraction of sp³-hybridized carbons (Fsp3) is 0.457. The second kappa shape index (κ2) is 11.7. The Morgan fingerprint density at radius 1 is 1.17 bits per heavy atom. The predicted octanol–water partition coefficient (Wildman–Crippen LogP) is 6.90. The van der Waals surface area contributed by atoms with Crippen LogP contribution in [0.4, 0.5) is 33.6 Å². The second-order valence-electron chi connectivity index (χ2n) is 14.4. The highest BCUT2D eigenvalue weighted by atomic mass is 35.5. The molecule has 17 heteroatoms. The van der Waals surface area contributed by atoms with Crippen LogP contribution in [-0.2, 0) is 0 Å². The molecule has 0 radical (unpaired) electrons. The molecule has 11 nitrogen and oxygen atoms in total. The first kappa shape index (κ1) is 33.3. The molecule has 1 saturated carbocycles. The summed E-state index contributed by atoms with van der Waals surface area (Å²) in [4.78, 5) is 21.8. The molecule has 1 aromatic carbocycles. The quantitative estimate of drug-likeness (QED) is 0.170. The Morgan fingerprint density at radius 3 is 2.77 bits per heavy atom. The van der Waals surface area contributed by atoms with Crippen molar-refractivity contribution in [2.75, 3.05) is 36.9 Å². The molecule has 3 N–H and O–H groups in total. The summed E-state index contributed by atoms with van der Waals surface area (Å²) in [5.74, 6) is -5.67. The smallest absolute Gasteiger partial charge is 0.319 e. The van der Waals surface area contributed by atoms with E-state index >= 15 is 4.39 Å². The number of fused-ring (bicyclic) bond motifs is 2. The van der Waals surface area contributed by atoms with E-state index in [9.17, 15) is 17.6 Å². The first-order chi connectivity index (χ1) is 24.8. The van der Waals surface area contributed by atoms with Crippen molar-refractivity contribution in [1.29, 1.82) is 0 Å². The first-order valence-electron chi connectivity index (χ1n) is 17.1. The van der Waals surface area contributed by atoms with Crippen molar-refractivity contribution in [2.45, 2.75) is 75.2 Å². The van der Waals surface area contributed by atoms with Gasteiger partial charge in [0.05, 0.1) is 41.5 Å². The standard InChI is InChI=1S/C35H33ClF5N9O2/c1-15-13-51-32-26-29(27(39)28(45-32)24-20-11-44-48-23(20)7-22(36)25(24)21-9-35(21,40)41)46-33(52-14-34-4-3-5-49(34)12-18(38)8-34)47-31(26)50(15)16(2)19-6-17(37)10-43-30(19)42/h6-7,10-11,15-16,18,21H,3-5,8-9,12-14H2,1-2H3,(H2,42,43)(H,44,48)/t15-,16+,18+,21?,34-/m0/s1. The molecule has 4 aliphatic rings.